The lowest BCUT2D eigenvalue weighted by Gasteiger charge is -2.16. The van der Waals surface area contributed by atoms with Gasteiger partial charge in [0.15, 0.2) is 0 Å². The van der Waals surface area contributed by atoms with Gasteiger partial charge in [0.2, 0.25) is 5.91 Å². The summed E-state index contributed by atoms with van der Waals surface area (Å²) in [6.07, 6.45) is 4.97. The van der Waals surface area contributed by atoms with Crippen LogP contribution in [0.5, 0.6) is 0 Å². The summed E-state index contributed by atoms with van der Waals surface area (Å²) < 4.78 is 1.01. The third-order valence-corrected chi connectivity index (χ3v) is 3.60. The number of pyridine rings is 1. The van der Waals surface area contributed by atoms with Crippen molar-refractivity contribution in [2.24, 2.45) is 0 Å². The summed E-state index contributed by atoms with van der Waals surface area (Å²) >= 11 is 3.48. The third kappa shape index (κ3) is 4.03. The maximum Gasteiger partial charge on any atom is 0.246 e. The Morgan fingerprint density at radius 3 is 2.70 bits per heavy atom. The van der Waals surface area contributed by atoms with E-state index in [4.69, 9.17) is 0 Å². The van der Waals surface area contributed by atoms with E-state index < -0.39 is 0 Å². The predicted molar refractivity (Wildman–Crippen MR) is 83.9 cm³/mol. The highest BCUT2D eigenvalue weighted by molar-refractivity contribution is 9.10. The van der Waals surface area contributed by atoms with Crippen molar-refractivity contribution in [1.29, 1.82) is 0 Å². The molecule has 3 nitrogen and oxygen atoms in total. The first kappa shape index (κ1) is 14.5. The van der Waals surface area contributed by atoms with Crippen LogP contribution in [0.3, 0.4) is 0 Å². The molecule has 2 aromatic rings. The molecule has 102 valence electrons. The molecule has 0 fully saturated rings. The Bertz CT molecular complexity index is 611. The molecule has 0 unspecified atom stereocenters. The number of amides is 1. The Kier molecular flexibility index (Phi) is 5.07. The molecule has 0 bridgehead atoms. The summed E-state index contributed by atoms with van der Waals surface area (Å²) in [5, 5.41) is 0. The predicted octanol–water partition coefficient (Wildman–Crippen LogP) is 3.52. The number of halogens is 1. The molecule has 1 aromatic heterocycles. The second kappa shape index (κ2) is 7.01. The second-order valence-electron chi connectivity index (χ2n) is 4.37. The van der Waals surface area contributed by atoms with Gasteiger partial charge in [-0.1, -0.05) is 40.2 Å². The first-order chi connectivity index (χ1) is 9.66. The fourth-order valence-corrected chi connectivity index (χ4v) is 2.13. The van der Waals surface area contributed by atoms with Crippen molar-refractivity contribution < 1.29 is 4.79 Å². The van der Waals surface area contributed by atoms with Crippen LogP contribution in [-0.4, -0.2) is 22.8 Å². The molecule has 0 saturated carbocycles. The molecular weight excluding hydrogens is 316 g/mol. The number of hydrogen-bond donors (Lipinski definition) is 0. The van der Waals surface area contributed by atoms with Gasteiger partial charge >= 0.3 is 0 Å². The maximum absolute atomic E-state index is 12.0. The van der Waals surface area contributed by atoms with Crippen molar-refractivity contribution in [3.05, 3.63) is 70.5 Å². The van der Waals surface area contributed by atoms with Gasteiger partial charge in [-0.05, 0) is 29.8 Å². The van der Waals surface area contributed by atoms with Crippen molar-refractivity contribution in [3.63, 3.8) is 0 Å². The fourth-order valence-electron chi connectivity index (χ4n) is 1.72. The Morgan fingerprint density at radius 2 is 2.00 bits per heavy atom. The zero-order valence-electron chi connectivity index (χ0n) is 11.2. The molecule has 0 spiro atoms. The molecule has 0 N–H and O–H groups in total. The average molecular weight is 331 g/mol. The zero-order chi connectivity index (χ0) is 14.4. The van der Waals surface area contributed by atoms with Gasteiger partial charge in [0.1, 0.15) is 0 Å². The number of aromatic nitrogens is 1. The van der Waals surface area contributed by atoms with Crippen LogP contribution < -0.4 is 0 Å². The lowest BCUT2D eigenvalue weighted by Crippen LogP contribution is -2.24. The van der Waals surface area contributed by atoms with Crippen LogP contribution in [0.15, 0.2) is 59.2 Å². The summed E-state index contributed by atoms with van der Waals surface area (Å²) in [5.74, 6) is -0.0496. The van der Waals surface area contributed by atoms with Gasteiger partial charge in [0.25, 0.3) is 0 Å². The largest absolute Gasteiger partial charge is 0.338 e. The summed E-state index contributed by atoms with van der Waals surface area (Å²) in [6.45, 7) is 0.562. The minimum atomic E-state index is -0.0496. The van der Waals surface area contributed by atoms with Gasteiger partial charge in [-0.25, -0.2) is 0 Å². The fraction of sp³-hybridized carbons (Fsp3) is 0.125. The Hall–Kier alpha value is -1.94. The molecule has 20 heavy (non-hydrogen) atoms. The molecule has 2 rings (SSSR count). The molecule has 1 heterocycles. The summed E-state index contributed by atoms with van der Waals surface area (Å²) in [7, 11) is 1.78. The van der Waals surface area contributed by atoms with E-state index in [1.54, 1.807) is 30.3 Å². The van der Waals surface area contributed by atoms with Crippen LogP contribution in [0.1, 0.15) is 11.3 Å². The zero-order valence-corrected chi connectivity index (χ0v) is 12.7. The monoisotopic (exact) mass is 330 g/mol. The lowest BCUT2D eigenvalue weighted by molar-refractivity contribution is -0.125. The van der Waals surface area contributed by atoms with E-state index in [1.165, 1.54) is 0 Å². The molecule has 4 heteroatoms. The standard InChI is InChI=1S/C16H15BrN2O/c1-19(12-13-6-2-3-8-15(13)17)16(20)10-9-14-7-4-5-11-18-14/h2-11H,12H2,1H3/b10-9+. The van der Waals surface area contributed by atoms with Gasteiger partial charge in [0.05, 0.1) is 5.69 Å². The summed E-state index contributed by atoms with van der Waals surface area (Å²) in [6, 6.07) is 13.5. The quantitative estimate of drug-likeness (QED) is 0.803. The molecule has 0 radical (unpaired) electrons. The van der Waals surface area contributed by atoms with E-state index in [0.717, 1.165) is 15.7 Å². The van der Waals surface area contributed by atoms with Gasteiger partial charge in [-0.2, -0.15) is 0 Å². The smallest absolute Gasteiger partial charge is 0.246 e. The number of carbonyl (C=O) groups is 1. The maximum atomic E-state index is 12.0. The van der Waals surface area contributed by atoms with Gasteiger partial charge in [0, 0.05) is 30.3 Å². The van der Waals surface area contributed by atoms with Crippen molar-refractivity contribution in [3.8, 4) is 0 Å². The first-order valence-electron chi connectivity index (χ1n) is 6.24. The van der Waals surface area contributed by atoms with Crippen LogP contribution in [0.2, 0.25) is 0 Å². The van der Waals surface area contributed by atoms with E-state index in [0.29, 0.717) is 6.54 Å². The number of rotatable bonds is 4. The Labute approximate surface area is 127 Å². The van der Waals surface area contributed by atoms with Crippen LogP contribution >= 0.6 is 15.9 Å². The van der Waals surface area contributed by atoms with Gasteiger partial charge in [-0.15, -0.1) is 0 Å². The highest BCUT2D eigenvalue weighted by Gasteiger charge is 2.07. The summed E-state index contributed by atoms with van der Waals surface area (Å²) in [4.78, 5) is 17.8. The van der Waals surface area contributed by atoms with Crippen molar-refractivity contribution >= 4 is 27.9 Å². The summed E-state index contributed by atoms with van der Waals surface area (Å²) in [5.41, 5.74) is 1.85. The van der Waals surface area contributed by atoms with Crippen LogP contribution in [0, 0.1) is 0 Å². The molecule has 0 aliphatic rings. The molecule has 1 amide bonds. The third-order valence-electron chi connectivity index (χ3n) is 2.83. The molecule has 0 atom stereocenters. The van der Waals surface area contributed by atoms with E-state index in [2.05, 4.69) is 20.9 Å². The molecule has 0 aliphatic carbocycles. The number of nitrogens with zero attached hydrogens (tertiary/aromatic N) is 2. The minimum Gasteiger partial charge on any atom is -0.338 e. The van der Waals surface area contributed by atoms with Crippen molar-refractivity contribution in [1.82, 2.24) is 9.88 Å². The number of hydrogen-bond acceptors (Lipinski definition) is 2. The number of likely N-dealkylation sites (N-methyl/N-ethyl adjacent to an activating group) is 1. The van der Waals surface area contributed by atoms with Crippen molar-refractivity contribution in [2.45, 2.75) is 6.54 Å². The lowest BCUT2D eigenvalue weighted by atomic mass is 10.2. The Balaban J connectivity index is 1.99. The van der Waals surface area contributed by atoms with Crippen LogP contribution in [0.4, 0.5) is 0 Å². The van der Waals surface area contributed by atoms with Crippen LogP contribution in [-0.2, 0) is 11.3 Å². The highest BCUT2D eigenvalue weighted by atomic mass is 79.9. The van der Waals surface area contributed by atoms with E-state index in [9.17, 15) is 4.79 Å². The van der Waals surface area contributed by atoms with Gasteiger partial charge < -0.3 is 4.90 Å². The first-order valence-corrected chi connectivity index (χ1v) is 7.04. The normalized spacial score (nSPS) is 10.7. The van der Waals surface area contributed by atoms with E-state index in [1.807, 2.05) is 42.5 Å². The Morgan fingerprint density at radius 1 is 1.25 bits per heavy atom. The SMILES string of the molecule is CN(Cc1ccccc1Br)C(=O)/C=C/c1ccccn1. The molecule has 0 saturated heterocycles. The minimum absolute atomic E-state index is 0.0496. The molecule has 1 aromatic carbocycles. The second-order valence-corrected chi connectivity index (χ2v) is 5.23. The van der Waals surface area contributed by atoms with E-state index in [-0.39, 0.29) is 5.91 Å². The topological polar surface area (TPSA) is 33.2 Å². The van der Waals surface area contributed by atoms with Crippen molar-refractivity contribution in [2.75, 3.05) is 7.05 Å². The highest BCUT2D eigenvalue weighted by Crippen LogP contribution is 2.17. The average Bonchev–Trinajstić information content (AvgIpc) is 2.48. The van der Waals surface area contributed by atoms with Crippen LogP contribution in [0.25, 0.3) is 6.08 Å². The van der Waals surface area contributed by atoms with Gasteiger partial charge in [-0.3, -0.25) is 9.78 Å². The molecular formula is C16H15BrN2O. The number of benzene rings is 1. The number of carbonyl (C=O) groups excluding carboxylic acids is 1. The molecule has 0 aliphatic heterocycles. The van der Waals surface area contributed by atoms with E-state index >= 15 is 0 Å².